The molecule has 1 unspecified atom stereocenters. The molecule has 4 nitrogen and oxygen atoms in total. The summed E-state index contributed by atoms with van der Waals surface area (Å²) in [5, 5.41) is 3.27. The van der Waals surface area contributed by atoms with E-state index in [2.05, 4.69) is 28.3 Å². The molecule has 110 valence electrons. The highest BCUT2D eigenvalue weighted by Gasteiger charge is 2.20. The summed E-state index contributed by atoms with van der Waals surface area (Å²) >= 11 is 0. The Kier molecular flexibility index (Phi) is 4.25. The Morgan fingerprint density at radius 1 is 1.33 bits per heavy atom. The fraction of sp³-hybridized carbons (Fsp3) is 0.471. The zero-order valence-corrected chi connectivity index (χ0v) is 12.8. The van der Waals surface area contributed by atoms with Crippen LogP contribution in [0.3, 0.4) is 0 Å². The second-order valence-electron chi connectivity index (χ2n) is 5.70. The summed E-state index contributed by atoms with van der Waals surface area (Å²) < 4.78 is 0. The van der Waals surface area contributed by atoms with Gasteiger partial charge >= 0.3 is 0 Å². The van der Waals surface area contributed by atoms with Crippen LogP contribution in [-0.2, 0) is 19.3 Å². The average Bonchev–Trinajstić information content (AvgIpc) is 2.54. The van der Waals surface area contributed by atoms with Crippen molar-refractivity contribution in [3.63, 3.8) is 0 Å². The molecule has 1 aliphatic carbocycles. The molecule has 0 aliphatic heterocycles. The number of nitrogens with one attached hydrogen (secondary N) is 1. The molecule has 2 heterocycles. The minimum absolute atomic E-state index is 0.706. The lowest BCUT2D eigenvalue weighted by atomic mass is 9.87. The molecule has 1 atom stereocenters. The number of aryl methyl sites for hydroxylation is 2. The predicted molar refractivity (Wildman–Crippen MR) is 84.1 cm³/mol. The Hall–Kier alpha value is -1.81. The molecule has 4 heteroatoms. The van der Waals surface area contributed by atoms with Crippen LogP contribution in [0.25, 0.3) is 11.5 Å². The van der Waals surface area contributed by atoms with Crippen molar-refractivity contribution in [1.82, 2.24) is 20.3 Å². The first kappa shape index (κ1) is 14.1. The van der Waals surface area contributed by atoms with Crippen LogP contribution >= 0.6 is 0 Å². The van der Waals surface area contributed by atoms with Gasteiger partial charge in [-0.2, -0.15) is 0 Å². The van der Waals surface area contributed by atoms with Gasteiger partial charge in [-0.15, -0.1) is 0 Å². The van der Waals surface area contributed by atoms with E-state index in [-0.39, 0.29) is 0 Å². The third-order valence-corrected chi connectivity index (χ3v) is 4.23. The number of hydrogen-bond donors (Lipinski definition) is 1. The van der Waals surface area contributed by atoms with Gasteiger partial charge in [-0.3, -0.25) is 4.98 Å². The number of rotatable bonds is 4. The molecule has 0 amide bonds. The first-order valence-corrected chi connectivity index (χ1v) is 7.75. The van der Waals surface area contributed by atoms with E-state index in [0.29, 0.717) is 5.92 Å². The van der Waals surface area contributed by atoms with E-state index < -0.39 is 0 Å². The minimum atomic E-state index is 0.706. The summed E-state index contributed by atoms with van der Waals surface area (Å²) in [6, 6.07) is 4.08. The van der Waals surface area contributed by atoms with E-state index in [1.165, 1.54) is 23.2 Å². The lowest BCUT2D eigenvalue weighted by molar-refractivity contribution is 0.434. The van der Waals surface area contributed by atoms with Crippen LogP contribution in [0.1, 0.15) is 30.2 Å². The standard InChI is InChI=1S/C17H22N4/c1-3-13-5-4-8-19-16(13)17-20-11-14-9-12(10-18-2)6-7-15(14)21-17/h4-5,8,11-12,18H,3,6-7,9-10H2,1-2H3. The van der Waals surface area contributed by atoms with Crippen LogP contribution in [0.2, 0.25) is 0 Å². The molecule has 0 aromatic carbocycles. The molecule has 2 aromatic heterocycles. The van der Waals surface area contributed by atoms with Gasteiger partial charge in [0.1, 0.15) is 5.69 Å². The summed E-state index contributed by atoms with van der Waals surface area (Å²) in [5.74, 6) is 1.48. The molecule has 0 saturated carbocycles. The van der Waals surface area contributed by atoms with Crippen LogP contribution in [-0.4, -0.2) is 28.5 Å². The van der Waals surface area contributed by atoms with Gasteiger partial charge in [0.2, 0.25) is 0 Å². The highest BCUT2D eigenvalue weighted by Crippen LogP contribution is 2.26. The molecule has 0 bridgehead atoms. The van der Waals surface area contributed by atoms with Crippen LogP contribution in [0, 0.1) is 5.92 Å². The van der Waals surface area contributed by atoms with Crippen molar-refractivity contribution in [3.05, 3.63) is 41.3 Å². The van der Waals surface area contributed by atoms with E-state index in [9.17, 15) is 0 Å². The monoisotopic (exact) mass is 282 g/mol. The molecule has 1 N–H and O–H groups in total. The molecule has 21 heavy (non-hydrogen) atoms. The van der Waals surface area contributed by atoms with E-state index in [1.807, 2.05) is 25.5 Å². The van der Waals surface area contributed by atoms with Gasteiger partial charge in [0.15, 0.2) is 5.82 Å². The van der Waals surface area contributed by atoms with Crippen molar-refractivity contribution in [2.45, 2.75) is 32.6 Å². The van der Waals surface area contributed by atoms with Crippen molar-refractivity contribution in [2.75, 3.05) is 13.6 Å². The summed E-state index contributed by atoms with van der Waals surface area (Å²) in [4.78, 5) is 13.8. The van der Waals surface area contributed by atoms with Crippen LogP contribution in [0.4, 0.5) is 0 Å². The van der Waals surface area contributed by atoms with E-state index in [0.717, 1.165) is 37.3 Å². The fourth-order valence-electron chi connectivity index (χ4n) is 3.09. The second-order valence-corrected chi connectivity index (χ2v) is 5.70. The molecule has 2 aromatic rings. The third kappa shape index (κ3) is 2.95. The zero-order chi connectivity index (χ0) is 14.7. The molecule has 3 rings (SSSR count). The Bertz CT molecular complexity index is 624. The van der Waals surface area contributed by atoms with Crippen molar-refractivity contribution < 1.29 is 0 Å². The molecular formula is C17H22N4. The summed E-state index contributed by atoms with van der Waals surface area (Å²) in [7, 11) is 2.02. The summed E-state index contributed by atoms with van der Waals surface area (Å²) in [5.41, 5.74) is 4.65. The number of pyridine rings is 1. The van der Waals surface area contributed by atoms with Gasteiger partial charge in [-0.05, 0) is 62.4 Å². The first-order valence-electron chi connectivity index (χ1n) is 7.75. The first-order chi connectivity index (χ1) is 10.3. The van der Waals surface area contributed by atoms with Gasteiger partial charge in [0, 0.05) is 18.1 Å². The Labute approximate surface area is 126 Å². The average molecular weight is 282 g/mol. The van der Waals surface area contributed by atoms with Crippen molar-refractivity contribution in [2.24, 2.45) is 5.92 Å². The van der Waals surface area contributed by atoms with Crippen molar-refractivity contribution in [1.29, 1.82) is 0 Å². The maximum Gasteiger partial charge on any atom is 0.178 e. The third-order valence-electron chi connectivity index (χ3n) is 4.23. The molecule has 0 saturated heterocycles. The quantitative estimate of drug-likeness (QED) is 0.935. The normalized spacial score (nSPS) is 17.5. The van der Waals surface area contributed by atoms with Gasteiger partial charge < -0.3 is 5.32 Å². The van der Waals surface area contributed by atoms with Crippen LogP contribution in [0.15, 0.2) is 24.5 Å². The van der Waals surface area contributed by atoms with Crippen molar-refractivity contribution >= 4 is 0 Å². The van der Waals surface area contributed by atoms with Gasteiger partial charge in [-0.1, -0.05) is 13.0 Å². The summed E-state index contributed by atoms with van der Waals surface area (Å²) in [6.07, 6.45) is 8.11. The van der Waals surface area contributed by atoms with Gasteiger partial charge in [0.05, 0.1) is 0 Å². The van der Waals surface area contributed by atoms with Gasteiger partial charge in [0.25, 0.3) is 0 Å². The van der Waals surface area contributed by atoms with E-state index in [1.54, 1.807) is 0 Å². The Morgan fingerprint density at radius 3 is 3.05 bits per heavy atom. The van der Waals surface area contributed by atoms with Gasteiger partial charge in [-0.25, -0.2) is 9.97 Å². The molecule has 0 radical (unpaired) electrons. The van der Waals surface area contributed by atoms with Crippen LogP contribution < -0.4 is 5.32 Å². The van der Waals surface area contributed by atoms with E-state index >= 15 is 0 Å². The predicted octanol–water partition coefficient (Wildman–Crippen LogP) is 2.43. The minimum Gasteiger partial charge on any atom is -0.319 e. The fourth-order valence-corrected chi connectivity index (χ4v) is 3.09. The Morgan fingerprint density at radius 2 is 2.24 bits per heavy atom. The lowest BCUT2D eigenvalue weighted by Crippen LogP contribution is -2.25. The lowest BCUT2D eigenvalue weighted by Gasteiger charge is -2.23. The number of aromatic nitrogens is 3. The molecule has 0 spiro atoms. The van der Waals surface area contributed by atoms with Crippen LogP contribution in [0.5, 0.6) is 0 Å². The maximum absolute atomic E-state index is 4.79. The molecule has 1 aliphatic rings. The highest BCUT2D eigenvalue weighted by molar-refractivity contribution is 5.55. The van der Waals surface area contributed by atoms with Crippen molar-refractivity contribution in [3.8, 4) is 11.5 Å². The number of fused-ring (bicyclic) bond motifs is 1. The second kappa shape index (κ2) is 6.31. The number of hydrogen-bond acceptors (Lipinski definition) is 4. The molecule has 0 fully saturated rings. The SMILES string of the molecule is CCc1cccnc1-c1ncc2c(n1)CCC(CNC)C2. The maximum atomic E-state index is 4.79. The topological polar surface area (TPSA) is 50.7 Å². The number of nitrogens with zero attached hydrogens (tertiary/aromatic N) is 3. The smallest absolute Gasteiger partial charge is 0.178 e. The largest absolute Gasteiger partial charge is 0.319 e. The highest BCUT2D eigenvalue weighted by atomic mass is 14.9. The van der Waals surface area contributed by atoms with E-state index in [4.69, 9.17) is 4.98 Å². The zero-order valence-electron chi connectivity index (χ0n) is 12.8. The molecular weight excluding hydrogens is 260 g/mol. The Balaban J connectivity index is 1.90. The summed E-state index contributed by atoms with van der Waals surface area (Å²) in [6.45, 7) is 3.21.